The van der Waals surface area contributed by atoms with Crippen LogP contribution < -0.4 is 4.74 Å². The van der Waals surface area contributed by atoms with E-state index in [0.29, 0.717) is 24.8 Å². The molecule has 1 aromatic rings. The van der Waals surface area contributed by atoms with Gasteiger partial charge in [-0.2, -0.15) is 0 Å². The van der Waals surface area contributed by atoms with Gasteiger partial charge in [0.05, 0.1) is 13.2 Å². The van der Waals surface area contributed by atoms with Gasteiger partial charge in [-0.25, -0.2) is 0 Å². The molecule has 3 aliphatic rings. The van der Waals surface area contributed by atoms with E-state index in [9.17, 15) is 4.79 Å². The number of hydrogen-bond acceptors (Lipinski definition) is 3. The van der Waals surface area contributed by atoms with Crippen molar-refractivity contribution in [2.24, 2.45) is 5.92 Å². The second kappa shape index (κ2) is 5.67. The van der Waals surface area contributed by atoms with E-state index in [1.807, 2.05) is 23.1 Å². The van der Waals surface area contributed by atoms with Gasteiger partial charge in [-0.1, -0.05) is 11.6 Å². The SMILES string of the molecule is C[C@@H]1CCOCCN1C(=O)[C@@H]1C[C@]12CCOc1ccc(Cl)cc12. The Labute approximate surface area is 141 Å². The summed E-state index contributed by atoms with van der Waals surface area (Å²) < 4.78 is 11.3. The van der Waals surface area contributed by atoms with Crippen LogP contribution >= 0.6 is 11.6 Å². The van der Waals surface area contributed by atoms with E-state index in [1.54, 1.807) is 0 Å². The summed E-state index contributed by atoms with van der Waals surface area (Å²) in [7, 11) is 0. The first-order chi connectivity index (χ1) is 11.1. The van der Waals surface area contributed by atoms with Crippen LogP contribution in [0, 0.1) is 5.92 Å². The Hall–Kier alpha value is -1.26. The average molecular weight is 336 g/mol. The number of nitrogens with zero attached hydrogens (tertiary/aromatic N) is 1. The quantitative estimate of drug-likeness (QED) is 0.792. The van der Waals surface area contributed by atoms with Gasteiger partial charge in [-0.05, 0) is 44.4 Å². The topological polar surface area (TPSA) is 38.8 Å². The summed E-state index contributed by atoms with van der Waals surface area (Å²) in [6.45, 7) is 4.88. The van der Waals surface area contributed by atoms with Crippen LogP contribution in [0.1, 0.15) is 31.7 Å². The number of rotatable bonds is 1. The van der Waals surface area contributed by atoms with Crippen LogP contribution in [-0.2, 0) is 14.9 Å². The number of carbonyl (C=O) groups excluding carboxylic acids is 1. The van der Waals surface area contributed by atoms with Gasteiger partial charge in [0.15, 0.2) is 0 Å². The molecule has 1 amide bonds. The number of fused-ring (bicyclic) bond motifs is 2. The predicted molar refractivity (Wildman–Crippen MR) is 88.0 cm³/mol. The number of carbonyl (C=O) groups is 1. The Bertz CT molecular complexity index is 635. The molecule has 0 unspecified atom stereocenters. The van der Waals surface area contributed by atoms with Crippen molar-refractivity contribution >= 4 is 17.5 Å². The molecule has 1 saturated carbocycles. The van der Waals surface area contributed by atoms with E-state index < -0.39 is 0 Å². The third kappa shape index (κ3) is 2.52. The number of amides is 1. The Balaban J connectivity index is 1.60. The molecule has 1 aromatic carbocycles. The highest BCUT2D eigenvalue weighted by molar-refractivity contribution is 6.30. The van der Waals surface area contributed by atoms with Crippen LogP contribution in [0.2, 0.25) is 5.02 Å². The molecule has 2 aliphatic heterocycles. The Morgan fingerprint density at radius 3 is 3.09 bits per heavy atom. The Kier molecular flexibility index (Phi) is 3.77. The Morgan fingerprint density at radius 2 is 2.22 bits per heavy atom. The molecule has 2 heterocycles. The molecule has 0 bridgehead atoms. The summed E-state index contributed by atoms with van der Waals surface area (Å²) in [5, 5.41) is 0.711. The maximum atomic E-state index is 13.1. The first-order valence-corrected chi connectivity index (χ1v) is 8.81. The molecular weight excluding hydrogens is 314 g/mol. The summed E-state index contributed by atoms with van der Waals surface area (Å²) in [6, 6.07) is 6.02. The number of halogens is 1. The maximum Gasteiger partial charge on any atom is 0.226 e. The van der Waals surface area contributed by atoms with Gasteiger partial charge >= 0.3 is 0 Å². The highest BCUT2D eigenvalue weighted by Crippen LogP contribution is 2.61. The lowest BCUT2D eigenvalue weighted by atomic mass is 9.87. The number of hydrogen-bond donors (Lipinski definition) is 0. The minimum atomic E-state index is -0.0670. The van der Waals surface area contributed by atoms with E-state index in [1.165, 1.54) is 0 Å². The lowest BCUT2D eigenvalue weighted by Crippen LogP contribution is -2.42. The zero-order valence-electron chi connectivity index (χ0n) is 13.4. The van der Waals surface area contributed by atoms with Crippen LogP contribution in [0.3, 0.4) is 0 Å². The first-order valence-electron chi connectivity index (χ1n) is 8.43. The molecule has 4 nitrogen and oxygen atoms in total. The van der Waals surface area contributed by atoms with Crippen molar-refractivity contribution in [3.05, 3.63) is 28.8 Å². The first kappa shape index (κ1) is 15.3. The lowest BCUT2D eigenvalue weighted by Gasteiger charge is -2.30. The van der Waals surface area contributed by atoms with Gasteiger partial charge in [0.2, 0.25) is 5.91 Å². The third-order valence-corrected chi connectivity index (χ3v) is 5.86. The molecule has 0 N–H and O–H groups in total. The molecular formula is C18H22ClNO3. The van der Waals surface area contributed by atoms with Gasteiger partial charge in [0.25, 0.3) is 0 Å². The van der Waals surface area contributed by atoms with Gasteiger partial charge < -0.3 is 14.4 Å². The fourth-order valence-electron chi connectivity index (χ4n) is 4.12. The van der Waals surface area contributed by atoms with Crippen molar-refractivity contribution in [1.29, 1.82) is 0 Å². The van der Waals surface area contributed by atoms with Crippen molar-refractivity contribution < 1.29 is 14.3 Å². The van der Waals surface area contributed by atoms with Crippen LogP contribution in [0.25, 0.3) is 0 Å². The molecule has 1 aliphatic carbocycles. The molecule has 4 rings (SSSR count). The van der Waals surface area contributed by atoms with Crippen molar-refractivity contribution in [3.8, 4) is 5.75 Å². The predicted octanol–water partition coefficient (Wildman–Crippen LogP) is 3.02. The van der Waals surface area contributed by atoms with Crippen LogP contribution in [0.4, 0.5) is 0 Å². The average Bonchev–Trinajstić information content (AvgIpc) is 3.29. The highest BCUT2D eigenvalue weighted by Gasteiger charge is 2.62. The van der Waals surface area contributed by atoms with E-state index >= 15 is 0 Å². The Morgan fingerprint density at radius 1 is 1.35 bits per heavy atom. The molecule has 124 valence electrons. The van der Waals surface area contributed by atoms with Gasteiger partial charge in [0, 0.05) is 41.1 Å². The lowest BCUT2D eigenvalue weighted by molar-refractivity contribution is -0.135. The van der Waals surface area contributed by atoms with Gasteiger partial charge in [-0.3, -0.25) is 4.79 Å². The molecule has 0 radical (unpaired) electrons. The van der Waals surface area contributed by atoms with Gasteiger partial charge in [0.1, 0.15) is 5.75 Å². The molecule has 3 atom stereocenters. The summed E-state index contributed by atoms with van der Waals surface area (Å²) in [6.07, 6.45) is 2.72. The monoisotopic (exact) mass is 335 g/mol. The molecule has 0 aromatic heterocycles. The summed E-state index contributed by atoms with van der Waals surface area (Å²) in [5.74, 6) is 1.23. The zero-order chi connectivity index (χ0) is 16.0. The van der Waals surface area contributed by atoms with Crippen molar-refractivity contribution in [1.82, 2.24) is 4.90 Å². The van der Waals surface area contributed by atoms with Crippen molar-refractivity contribution in [2.45, 2.75) is 37.6 Å². The van der Waals surface area contributed by atoms with Crippen LogP contribution in [-0.4, -0.2) is 43.2 Å². The second-order valence-corrected chi connectivity index (χ2v) is 7.37. The van der Waals surface area contributed by atoms with Gasteiger partial charge in [-0.15, -0.1) is 0 Å². The van der Waals surface area contributed by atoms with Crippen LogP contribution in [0.15, 0.2) is 18.2 Å². The maximum absolute atomic E-state index is 13.1. The minimum absolute atomic E-state index is 0.0594. The fraction of sp³-hybridized carbons (Fsp3) is 0.611. The van der Waals surface area contributed by atoms with E-state index in [4.69, 9.17) is 21.1 Å². The summed E-state index contributed by atoms with van der Waals surface area (Å²) in [4.78, 5) is 15.1. The van der Waals surface area contributed by atoms with E-state index in [0.717, 1.165) is 37.2 Å². The highest BCUT2D eigenvalue weighted by atomic mass is 35.5. The zero-order valence-corrected chi connectivity index (χ0v) is 14.1. The molecule has 1 saturated heterocycles. The van der Waals surface area contributed by atoms with E-state index in [2.05, 4.69) is 6.92 Å². The second-order valence-electron chi connectivity index (χ2n) is 6.93. The summed E-state index contributed by atoms with van der Waals surface area (Å²) >= 11 is 6.19. The number of ether oxygens (including phenoxy) is 2. The summed E-state index contributed by atoms with van der Waals surface area (Å²) in [5.41, 5.74) is 1.05. The largest absolute Gasteiger partial charge is 0.493 e. The molecule has 1 spiro atoms. The van der Waals surface area contributed by atoms with Crippen molar-refractivity contribution in [2.75, 3.05) is 26.4 Å². The number of benzene rings is 1. The minimum Gasteiger partial charge on any atom is -0.493 e. The standard InChI is InChI=1S/C18H22ClNO3/c1-12-4-7-22-9-6-20(12)17(21)15-11-18(15)5-8-23-16-3-2-13(19)10-14(16)18/h2-3,10,12,15H,4-9,11H2,1H3/t12-,15+,18+/m1/s1. The fourth-order valence-corrected chi connectivity index (χ4v) is 4.29. The molecule has 5 heteroatoms. The van der Waals surface area contributed by atoms with Crippen LogP contribution in [0.5, 0.6) is 5.75 Å². The smallest absolute Gasteiger partial charge is 0.226 e. The third-order valence-electron chi connectivity index (χ3n) is 5.63. The van der Waals surface area contributed by atoms with E-state index in [-0.39, 0.29) is 23.3 Å². The molecule has 23 heavy (non-hydrogen) atoms. The normalized spacial score (nSPS) is 32.9. The van der Waals surface area contributed by atoms with Crippen molar-refractivity contribution in [3.63, 3.8) is 0 Å². The molecule has 2 fully saturated rings.